The van der Waals surface area contributed by atoms with Gasteiger partial charge in [0.15, 0.2) is 0 Å². The van der Waals surface area contributed by atoms with E-state index in [4.69, 9.17) is 9.79 Å². The van der Waals surface area contributed by atoms with Crippen LogP contribution in [0.25, 0.3) is 0 Å². The SMILES string of the molecule is CCCCCCCCCCCCCCCCCCCCCC(CCC#N)O[P+](O)(O)N(C(C)C)C(C)C. The molecule has 0 aromatic rings. The Morgan fingerprint density at radius 3 is 1.30 bits per heavy atom. The average molecular weight is 544 g/mol. The number of nitriles is 1. The van der Waals surface area contributed by atoms with E-state index in [0.29, 0.717) is 12.8 Å². The van der Waals surface area contributed by atoms with E-state index in [0.717, 1.165) is 19.3 Å². The van der Waals surface area contributed by atoms with E-state index in [1.165, 1.54) is 109 Å². The number of hydrogen-bond donors (Lipinski definition) is 2. The van der Waals surface area contributed by atoms with Gasteiger partial charge in [0.05, 0.1) is 6.07 Å². The summed E-state index contributed by atoms with van der Waals surface area (Å²) in [6, 6.07) is 2.14. The van der Waals surface area contributed by atoms with E-state index >= 15 is 0 Å². The Bertz CT molecular complexity index is 529. The van der Waals surface area contributed by atoms with Crippen LogP contribution in [0.1, 0.15) is 176 Å². The first-order chi connectivity index (χ1) is 17.8. The van der Waals surface area contributed by atoms with Crippen molar-refractivity contribution in [3.8, 4) is 6.07 Å². The monoisotopic (exact) mass is 543 g/mol. The fraction of sp³-hybridized carbons (Fsp3) is 0.968. The standard InChI is InChI=1S/C31H64N2O3P/c1-6-7-8-9-10-11-12-13-14-15-16-17-18-19-20-21-22-23-24-26-31(27-25-28-32)36-37(34,35)33(29(2)3)30(4)5/h29-31,34-35H,6-27H2,1-5H3/q+1. The van der Waals surface area contributed by atoms with Crippen molar-refractivity contribution in [3.05, 3.63) is 0 Å². The first-order valence-corrected chi connectivity index (χ1v) is 17.5. The topological polar surface area (TPSA) is 76.7 Å². The van der Waals surface area contributed by atoms with Crippen LogP contribution in [0.5, 0.6) is 0 Å². The molecule has 0 spiro atoms. The van der Waals surface area contributed by atoms with Crippen molar-refractivity contribution in [1.82, 2.24) is 4.67 Å². The van der Waals surface area contributed by atoms with Gasteiger partial charge in [0, 0.05) is 18.5 Å². The lowest BCUT2D eigenvalue weighted by Crippen LogP contribution is -2.38. The minimum atomic E-state index is -3.63. The van der Waals surface area contributed by atoms with Gasteiger partial charge in [0.2, 0.25) is 0 Å². The minimum absolute atomic E-state index is 0.0187. The quantitative estimate of drug-likeness (QED) is 0.0796. The Balaban J connectivity index is 3.79. The molecule has 0 heterocycles. The Hall–Kier alpha value is -0.240. The zero-order chi connectivity index (χ0) is 27.8. The van der Waals surface area contributed by atoms with Gasteiger partial charge < -0.3 is 0 Å². The van der Waals surface area contributed by atoms with Gasteiger partial charge in [-0.3, -0.25) is 0 Å². The van der Waals surface area contributed by atoms with Crippen LogP contribution in [0, 0.1) is 11.3 Å². The van der Waals surface area contributed by atoms with Gasteiger partial charge in [-0.1, -0.05) is 134 Å². The normalized spacial score (nSPS) is 13.1. The van der Waals surface area contributed by atoms with Crippen molar-refractivity contribution in [2.75, 3.05) is 0 Å². The predicted molar refractivity (Wildman–Crippen MR) is 161 cm³/mol. The summed E-state index contributed by atoms with van der Waals surface area (Å²) in [5.74, 6) is 0. The maximum atomic E-state index is 10.7. The maximum Gasteiger partial charge on any atom is 0.499 e. The van der Waals surface area contributed by atoms with Gasteiger partial charge in [0.25, 0.3) is 0 Å². The van der Waals surface area contributed by atoms with Crippen LogP contribution >= 0.6 is 8.09 Å². The zero-order valence-electron chi connectivity index (χ0n) is 25.4. The van der Waals surface area contributed by atoms with E-state index in [1.54, 1.807) is 4.67 Å². The number of rotatable bonds is 27. The minimum Gasteiger partial charge on any atom is -0.198 e. The molecule has 2 N–H and O–H groups in total. The lowest BCUT2D eigenvalue weighted by Gasteiger charge is -2.31. The molecule has 0 saturated heterocycles. The summed E-state index contributed by atoms with van der Waals surface area (Å²) in [6.45, 7) is 10.1. The molecule has 0 bridgehead atoms. The molecule has 6 heteroatoms. The van der Waals surface area contributed by atoms with Crippen LogP contribution in [-0.2, 0) is 4.52 Å². The highest BCUT2D eigenvalue weighted by Gasteiger charge is 2.50. The summed E-state index contributed by atoms with van der Waals surface area (Å²) < 4.78 is 7.53. The first kappa shape index (κ1) is 36.8. The van der Waals surface area contributed by atoms with Crippen LogP contribution < -0.4 is 0 Å². The molecule has 0 aromatic carbocycles. The molecule has 0 aromatic heterocycles. The van der Waals surface area contributed by atoms with Crippen LogP contribution in [0.3, 0.4) is 0 Å². The molecule has 37 heavy (non-hydrogen) atoms. The Morgan fingerprint density at radius 1 is 0.622 bits per heavy atom. The first-order valence-electron chi connectivity index (χ1n) is 15.9. The van der Waals surface area contributed by atoms with Crippen molar-refractivity contribution in [2.24, 2.45) is 0 Å². The van der Waals surface area contributed by atoms with Crippen LogP contribution in [0.4, 0.5) is 0 Å². The van der Waals surface area contributed by atoms with Gasteiger partial charge in [-0.15, -0.1) is 0 Å². The molecule has 0 aliphatic carbocycles. The highest BCUT2D eigenvalue weighted by Crippen LogP contribution is 2.58. The molecule has 1 atom stereocenters. The van der Waals surface area contributed by atoms with Crippen LogP contribution in [0.15, 0.2) is 0 Å². The molecular formula is C31H64N2O3P+. The molecule has 5 nitrogen and oxygen atoms in total. The summed E-state index contributed by atoms with van der Waals surface area (Å²) in [4.78, 5) is 21.5. The van der Waals surface area contributed by atoms with Gasteiger partial charge in [-0.05, 0) is 40.5 Å². The summed E-state index contributed by atoms with van der Waals surface area (Å²) in [5, 5.41) is 9.00. The predicted octanol–water partition coefficient (Wildman–Crippen LogP) is 10.3. The van der Waals surface area contributed by atoms with E-state index in [2.05, 4.69) is 13.0 Å². The summed E-state index contributed by atoms with van der Waals surface area (Å²) >= 11 is 0. The second-order valence-electron chi connectivity index (χ2n) is 11.7. The molecular weight excluding hydrogens is 479 g/mol. The Labute approximate surface area is 232 Å². The second-order valence-corrected chi connectivity index (χ2v) is 13.4. The second kappa shape index (κ2) is 24.8. The van der Waals surface area contributed by atoms with Crippen LogP contribution in [0.2, 0.25) is 0 Å². The van der Waals surface area contributed by atoms with E-state index < -0.39 is 8.09 Å². The zero-order valence-corrected chi connectivity index (χ0v) is 26.3. The van der Waals surface area contributed by atoms with Crippen molar-refractivity contribution < 1.29 is 14.3 Å². The third kappa shape index (κ3) is 21.3. The van der Waals surface area contributed by atoms with Crippen molar-refractivity contribution in [1.29, 1.82) is 5.26 Å². The van der Waals surface area contributed by atoms with Gasteiger partial charge in [0.1, 0.15) is 6.10 Å². The van der Waals surface area contributed by atoms with Gasteiger partial charge in [-0.25, -0.2) is 0 Å². The fourth-order valence-electron chi connectivity index (χ4n) is 5.38. The molecule has 0 saturated carbocycles. The summed E-state index contributed by atoms with van der Waals surface area (Å²) in [7, 11) is -3.63. The van der Waals surface area contributed by atoms with Crippen molar-refractivity contribution in [2.45, 2.75) is 194 Å². The summed E-state index contributed by atoms with van der Waals surface area (Å²) in [5.41, 5.74) is 0. The van der Waals surface area contributed by atoms with Crippen molar-refractivity contribution >= 4 is 8.09 Å². The Kier molecular flexibility index (Phi) is 24.6. The average Bonchev–Trinajstić information content (AvgIpc) is 2.82. The van der Waals surface area contributed by atoms with Crippen molar-refractivity contribution in [3.63, 3.8) is 0 Å². The largest absolute Gasteiger partial charge is 0.499 e. The lowest BCUT2D eigenvalue weighted by atomic mass is 10.0. The van der Waals surface area contributed by atoms with Gasteiger partial charge >= 0.3 is 8.09 Å². The molecule has 0 aliphatic rings. The lowest BCUT2D eigenvalue weighted by molar-refractivity contribution is 0.0843. The number of nitrogens with zero attached hydrogens (tertiary/aromatic N) is 2. The number of hydrogen-bond acceptors (Lipinski definition) is 5. The third-order valence-corrected chi connectivity index (χ3v) is 9.46. The molecule has 0 rings (SSSR count). The molecule has 0 radical (unpaired) electrons. The van der Waals surface area contributed by atoms with Gasteiger partial charge in [-0.2, -0.15) is 19.6 Å². The highest BCUT2D eigenvalue weighted by molar-refractivity contribution is 7.57. The smallest absolute Gasteiger partial charge is 0.198 e. The van der Waals surface area contributed by atoms with E-state index in [-0.39, 0.29) is 18.2 Å². The Morgan fingerprint density at radius 2 is 0.973 bits per heavy atom. The highest BCUT2D eigenvalue weighted by atomic mass is 31.2. The summed E-state index contributed by atoms with van der Waals surface area (Å²) in [6.07, 6.45) is 27.2. The third-order valence-electron chi connectivity index (χ3n) is 7.36. The van der Waals surface area contributed by atoms with E-state index in [9.17, 15) is 9.79 Å². The molecule has 1 unspecified atom stereocenters. The maximum absolute atomic E-state index is 10.7. The molecule has 0 amide bonds. The van der Waals surface area contributed by atoms with Crippen LogP contribution in [-0.4, -0.2) is 32.6 Å². The fourth-order valence-corrected chi connectivity index (χ4v) is 7.30. The molecule has 220 valence electrons. The number of unbranched alkanes of at least 4 members (excludes halogenated alkanes) is 18. The van der Waals surface area contributed by atoms with E-state index in [1.807, 2.05) is 27.7 Å². The molecule has 0 fully saturated rings. The molecule has 0 aliphatic heterocycles.